The van der Waals surface area contributed by atoms with Crippen LogP contribution in [0.15, 0.2) is 24.3 Å². The number of amides is 1. The first kappa shape index (κ1) is 14.2. The van der Waals surface area contributed by atoms with Crippen molar-refractivity contribution in [3.8, 4) is 0 Å². The smallest absolute Gasteiger partial charge is 0.317 e. The number of nitrogens with zero attached hydrogens (tertiary/aromatic N) is 1. The number of hydrogen-bond donors (Lipinski definition) is 2. The number of aliphatic carboxylic acids is 1. The maximum absolute atomic E-state index is 10.9. The first-order valence-electron chi connectivity index (χ1n) is 5.81. The molecule has 0 radical (unpaired) electrons. The van der Waals surface area contributed by atoms with Gasteiger partial charge in [0.15, 0.2) is 0 Å². The fraction of sp³-hybridized carbons (Fsp3) is 0.385. The molecule has 0 bridgehead atoms. The number of carboxylic acids is 1. The number of carbonyl (C=O) groups excluding carboxylic acids is 1. The lowest BCUT2D eigenvalue weighted by atomic mass is 10.1. The Morgan fingerprint density at radius 3 is 2.17 bits per heavy atom. The number of benzene rings is 1. The van der Waals surface area contributed by atoms with Crippen LogP contribution in [0.1, 0.15) is 18.1 Å². The first-order valence-corrected chi connectivity index (χ1v) is 5.81. The van der Waals surface area contributed by atoms with Crippen molar-refractivity contribution < 1.29 is 14.7 Å². The zero-order valence-corrected chi connectivity index (χ0v) is 10.4. The number of nitrogens with two attached hydrogens (primary N) is 1. The van der Waals surface area contributed by atoms with Crippen molar-refractivity contribution >= 4 is 11.9 Å². The van der Waals surface area contributed by atoms with Crippen LogP contribution < -0.4 is 5.73 Å². The molecule has 98 valence electrons. The SMILES string of the molecule is CCc1ccc(CN(CC(N)=O)CC(=O)O)cc1. The summed E-state index contributed by atoms with van der Waals surface area (Å²) in [4.78, 5) is 23.1. The molecule has 0 saturated heterocycles. The van der Waals surface area contributed by atoms with E-state index in [2.05, 4.69) is 6.92 Å². The van der Waals surface area contributed by atoms with Gasteiger partial charge >= 0.3 is 5.97 Å². The van der Waals surface area contributed by atoms with E-state index >= 15 is 0 Å². The molecule has 1 aromatic rings. The molecule has 0 heterocycles. The van der Waals surface area contributed by atoms with Gasteiger partial charge in [0.05, 0.1) is 13.1 Å². The van der Waals surface area contributed by atoms with Crippen LogP contribution in [0.4, 0.5) is 0 Å². The third kappa shape index (κ3) is 4.97. The van der Waals surface area contributed by atoms with Crippen LogP contribution in [-0.2, 0) is 22.6 Å². The summed E-state index contributed by atoms with van der Waals surface area (Å²) in [6.45, 7) is 2.22. The summed E-state index contributed by atoms with van der Waals surface area (Å²) in [5, 5.41) is 8.76. The molecule has 0 aliphatic heterocycles. The Hall–Kier alpha value is -1.88. The molecule has 0 saturated carbocycles. The summed E-state index contributed by atoms with van der Waals surface area (Å²) in [7, 11) is 0. The van der Waals surface area contributed by atoms with Crippen LogP contribution in [0.25, 0.3) is 0 Å². The van der Waals surface area contributed by atoms with Gasteiger partial charge in [0.1, 0.15) is 0 Å². The molecule has 18 heavy (non-hydrogen) atoms. The van der Waals surface area contributed by atoms with Crippen molar-refractivity contribution in [3.05, 3.63) is 35.4 Å². The third-order valence-corrected chi connectivity index (χ3v) is 2.58. The molecule has 0 aliphatic rings. The second-order valence-electron chi connectivity index (χ2n) is 4.18. The molecule has 0 aromatic heterocycles. The predicted octanol–water partition coefficient (Wildman–Crippen LogP) is 0.621. The van der Waals surface area contributed by atoms with Gasteiger partial charge in [0.25, 0.3) is 0 Å². The van der Waals surface area contributed by atoms with Crippen LogP contribution in [0, 0.1) is 0 Å². The van der Waals surface area contributed by atoms with Crippen molar-refractivity contribution in [2.75, 3.05) is 13.1 Å². The van der Waals surface area contributed by atoms with E-state index < -0.39 is 11.9 Å². The van der Waals surface area contributed by atoms with Crippen LogP contribution in [-0.4, -0.2) is 35.0 Å². The molecule has 0 atom stereocenters. The molecule has 1 rings (SSSR count). The molecular weight excluding hydrogens is 232 g/mol. The summed E-state index contributed by atoms with van der Waals surface area (Å²) >= 11 is 0. The van der Waals surface area contributed by atoms with E-state index in [1.807, 2.05) is 24.3 Å². The standard InChI is InChI=1S/C13H18N2O3/c1-2-10-3-5-11(6-4-10)7-15(8-12(14)16)9-13(17)18/h3-6H,2,7-9H2,1H3,(H2,14,16)(H,17,18). The lowest BCUT2D eigenvalue weighted by molar-refractivity contribution is -0.138. The number of primary amides is 1. The van der Waals surface area contributed by atoms with Gasteiger partial charge in [-0.2, -0.15) is 0 Å². The number of rotatable bonds is 7. The van der Waals surface area contributed by atoms with E-state index in [1.54, 1.807) is 0 Å². The lowest BCUT2D eigenvalue weighted by Gasteiger charge is -2.18. The first-order chi connectivity index (χ1) is 8.51. The third-order valence-electron chi connectivity index (χ3n) is 2.58. The van der Waals surface area contributed by atoms with Gasteiger partial charge < -0.3 is 10.8 Å². The lowest BCUT2D eigenvalue weighted by Crippen LogP contribution is -2.36. The van der Waals surface area contributed by atoms with Crippen molar-refractivity contribution in [1.29, 1.82) is 0 Å². The van der Waals surface area contributed by atoms with E-state index in [1.165, 1.54) is 10.5 Å². The van der Waals surface area contributed by atoms with Gasteiger partial charge in [-0.1, -0.05) is 31.2 Å². The zero-order chi connectivity index (χ0) is 13.5. The number of aryl methyl sites for hydroxylation is 1. The largest absolute Gasteiger partial charge is 0.480 e. The monoisotopic (exact) mass is 250 g/mol. The van der Waals surface area contributed by atoms with Crippen molar-refractivity contribution in [1.82, 2.24) is 4.90 Å². The van der Waals surface area contributed by atoms with E-state index in [-0.39, 0.29) is 13.1 Å². The second kappa shape index (κ2) is 6.76. The highest BCUT2D eigenvalue weighted by Gasteiger charge is 2.12. The maximum atomic E-state index is 10.9. The molecule has 1 aromatic carbocycles. The summed E-state index contributed by atoms with van der Waals surface area (Å²) < 4.78 is 0. The molecule has 1 amide bonds. The summed E-state index contributed by atoms with van der Waals surface area (Å²) in [5.74, 6) is -1.50. The summed E-state index contributed by atoms with van der Waals surface area (Å²) in [6, 6.07) is 7.88. The summed E-state index contributed by atoms with van der Waals surface area (Å²) in [6.07, 6.45) is 0.959. The van der Waals surface area contributed by atoms with Crippen molar-refractivity contribution in [3.63, 3.8) is 0 Å². The molecule has 0 fully saturated rings. The van der Waals surface area contributed by atoms with Gasteiger partial charge in [-0.25, -0.2) is 0 Å². The Morgan fingerprint density at radius 2 is 1.72 bits per heavy atom. The molecule has 0 unspecified atom stereocenters. The average Bonchev–Trinajstić information content (AvgIpc) is 2.28. The van der Waals surface area contributed by atoms with Crippen molar-refractivity contribution in [2.45, 2.75) is 19.9 Å². The van der Waals surface area contributed by atoms with Crippen LogP contribution in [0.3, 0.4) is 0 Å². The van der Waals surface area contributed by atoms with Gasteiger partial charge in [-0.3, -0.25) is 14.5 Å². The van der Waals surface area contributed by atoms with Crippen LogP contribution in [0.5, 0.6) is 0 Å². The minimum Gasteiger partial charge on any atom is -0.480 e. The van der Waals surface area contributed by atoms with Crippen molar-refractivity contribution in [2.24, 2.45) is 5.73 Å². The number of hydrogen-bond acceptors (Lipinski definition) is 3. The Balaban J connectivity index is 2.68. The fourth-order valence-corrected chi connectivity index (χ4v) is 1.72. The Morgan fingerprint density at radius 1 is 1.17 bits per heavy atom. The highest BCUT2D eigenvalue weighted by molar-refractivity contribution is 5.77. The van der Waals surface area contributed by atoms with E-state index in [0.717, 1.165) is 12.0 Å². The maximum Gasteiger partial charge on any atom is 0.317 e. The Bertz CT molecular complexity index is 399. The molecular formula is C13H18N2O3. The highest BCUT2D eigenvalue weighted by atomic mass is 16.4. The topological polar surface area (TPSA) is 83.6 Å². The predicted molar refractivity (Wildman–Crippen MR) is 67.9 cm³/mol. The van der Waals surface area contributed by atoms with Gasteiger partial charge in [0.2, 0.25) is 5.91 Å². The summed E-state index contributed by atoms with van der Waals surface area (Å²) in [5.41, 5.74) is 7.28. The highest BCUT2D eigenvalue weighted by Crippen LogP contribution is 2.08. The average molecular weight is 250 g/mol. The normalized spacial score (nSPS) is 10.6. The minimum atomic E-state index is -0.971. The Labute approximate surface area is 106 Å². The molecule has 0 spiro atoms. The zero-order valence-electron chi connectivity index (χ0n) is 10.4. The molecule has 0 aliphatic carbocycles. The van der Waals surface area contributed by atoms with Gasteiger partial charge in [-0.05, 0) is 17.5 Å². The van der Waals surface area contributed by atoms with E-state index in [4.69, 9.17) is 10.8 Å². The molecule has 5 heteroatoms. The molecule has 3 N–H and O–H groups in total. The minimum absolute atomic E-state index is 0.0537. The van der Waals surface area contributed by atoms with E-state index in [9.17, 15) is 9.59 Å². The number of carboxylic acid groups (broad SMARTS) is 1. The van der Waals surface area contributed by atoms with Crippen LogP contribution >= 0.6 is 0 Å². The quantitative estimate of drug-likeness (QED) is 0.743. The van der Waals surface area contributed by atoms with E-state index in [0.29, 0.717) is 6.54 Å². The number of carbonyl (C=O) groups is 2. The van der Waals surface area contributed by atoms with Gasteiger partial charge in [0, 0.05) is 6.54 Å². The van der Waals surface area contributed by atoms with Gasteiger partial charge in [-0.15, -0.1) is 0 Å². The van der Waals surface area contributed by atoms with Crippen LogP contribution in [0.2, 0.25) is 0 Å². The second-order valence-corrected chi connectivity index (χ2v) is 4.18. The molecule has 5 nitrogen and oxygen atoms in total. The fourth-order valence-electron chi connectivity index (χ4n) is 1.72. The Kier molecular flexibility index (Phi) is 5.32.